The van der Waals surface area contributed by atoms with E-state index in [1.165, 1.54) is 0 Å². The van der Waals surface area contributed by atoms with Crippen LogP contribution in [0.25, 0.3) is 0 Å². The molecule has 3 nitrogen and oxygen atoms in total. The molecule has 0 saturated carbocycles. The molecule has 1 rings (SSSR count). The smallest absolute Gasteiger partial charge is 0.0573 e. The number of nitrogens with one attached hydrogen (secondary N) is 1. The number of hydrogen-bond acceptors (Lipinski definition) is 3. The molecule has 0 aliphatic carbocycles. The maximum atomic E-state index is 4.28. The van der Waals surface area contributed by atoms with E-state index in [1.54, 1.807) is 0 Å². The van der Waals surface area contributed by atoms with Crippen LogP contribution in [0.4, 0.5) is 11.4 Å². The van der Waals surface area contributed by atoms with Crippen molar-refractivity contribution in [3.8, 4) is 0 Å². The lowest BCUT2D eigenvalue weighted by Crippen LogP contribution is -2.39. The van der Waals surface area contributed by atoms with Gasteiger partial charge in [0.15, 0.2) is 0 Å². The van der Waals surface area contributed by atoms with Gasteiger partial charge in [-0.1, -0.05) is 20.8 Å². The Balaban J connectivity index is 2.88. The van der Waals surface area contributed by atoms with Crippen molar-refractivity contribution in [3.05, 3.63) is 18.5 Å². The van der Waals surface area contributed by atoms with Crippen LogP contribution in [0.15, 0.2) is 18.5 Å². The van der Waals surface area contributed by atoms with E-state index in [1.807, 2.05) is 12.4 Å². The molecule has 0 spiro atoms. The second-order valence-electron chi connectivity index (χ2n) is 5.62. The van der Waals surface area contributed by atoms with Crippen molar-refractivity contribution in [3.63, 3.8) is 0 Å². The summed E-state index contributed by atoms with van der Waals surface area (Å²) in [6.45, 7) is 12.0. The van der Waals surface area contributed by atoms with Crippen molar-refractivity contribution in [2.45, 2.75) is 40.7 Å². The van der Waals surface area contributed by atoms with Crippen LogP contribution >= 0.6 is 0 Å². The van der Waals surface area contributed by atoms with Crippen molar-refractivity contribution in [2.75, 3.05) is 23.8 Å². The van der Waals surface area contributed by atoms with E-state index in [0.717, 1.165) is 17.9 Å². The lowest BCUT2D eigenvalue weighted by Gasteiger charge is -2.36. The second kappa shape index (κ2) is 5.39. The zero-order chi connectivity index (χ0) is 13.1. The van der Waals surface area contributed by atoms with Gasteiger partial charge in [-0.2, -0.15) is 0 Å². The Bertz CT molecular complexity index is 355. The topological polar surface area (TPSA) is 28.2 Å². The predicted octanol–water partition coefficient (Wildman–Crippen LogP) is 3.38. The molecule has 1 N–H and O–H groups in total. The third-order valence-electron chi connectivity index (χ3n) is 3.35. The van der Waals surface area contributed by atoms with Gasteiger partial charge in [0, 0.05) is 19.6 Å². The first-order valence-electron chi connectivity index (χ1n) is 6.28. The van der Waals surface area contributed by atoms with E-state index in [-0.39, 0.29) is 5.41 Å². The normalized spacial score (nSPS) is 13.3. The molecule has 3 heteroatoms. The van der Waals surface area contributed by atoms with Crippen LogP contribution in [-0.2, 0) is 0 Å². The molecule has 96 valence electrons. The molecule has 1 unspecified atom stereocenters. The lowest BCUT2D eigenvalue weighted by molar-refractivity contribution is 0.329. The van der Waals surface area contributed by atoms with Gasteiger partial charge in [0.1, 0.15) is 0 Å². The summed E-state index contributed by atoms with van der Waals surface area (Å²) in [5, 5.41) is 3.29. The van der Waals surface area contributed by atoms with Crippen molar-refractivity contribution >= 4 is 11.4 Å². The Hall–Kier alpha value is -1.25. The van der Waals surface area contributed by atoms with Gasteiger partial charge < -0.3 is 10.2 Å². The number of pyridine rings is 1. The first-order valence-corrected chi connectivity index (χ1v) is 6.28. The molecule has 0 bridgehead atoms. The Morgan fingerprint density at radius 2 is 2.00 bits per heavy atom. The Morgan fingerprint density at radius 1 is 1.35 bits per heavy atom. The van der Waals surface area contributed by atoms with Gasteiger partial charge in [0.05, 0.1) is 23.8 Å². The fraction of sp³-hybridized carbons (Fsp3) is 0.643. The standard InChI is InChI=1S/C14H25N3/c1-7-16-12-8-13(10-15-9-12)17(6)11(2)14(3,4)5/h8-11,16H,7H2,1-6H3. The van der Waals surface area contributed by atoms with Crippen LogP contribution < -0.4 is 10.2 Å². The minimum absolute atomic E-state index is 0.253. The van der Waals surface area contributed by atoms with E-state index >= 15 is 0 Å². The largest absolute Gasteiger partial charge is 0.384 e. The van der Waals surface area contributed by atoms with Gasteiger partial charge in [-0.25, -0.2) is 0 Å². The first-order chi connectivity index (χ1) is 7.86. The number of aromatic nitrogens is 1. The highest BCUT2D eigenvalue weighted by Crippen LogP contribution is 2.27. The second-order valence-corrected chi connectivity index (χ2v) is 5.62. The molecule has 0 aliphatic heterocycles. The summed E-state index contributed by atoms with van der Waals surface area (Å²) in [6.07, 6.45) is 3.78. The van der Waals surface area contributed by atoms with Gasteiger partial charge in [-0.05, 0) is 25.3 Å². The highest BCUT2D eigenvalue weighted by Gasteiger charge is 2.24. The summed E-state index contributed by atoms with van der Waals surface area (Å²) < 4.78 is 0. The minimum Gasteiger partial charge on any atom is -0.384 e. The van der Waals surface area contributed by atoms with Crippen molar-refractivity contribution in [1.29, 1.82) is 0 Å². The summed E-state index contributed by atoms with van der Waals surface area (Å²) in [4.78, 5) is 6.57. The fourth-order valence-corrected chi connectivity index (χ4v) is 1.73. The van der Waals surface area contributed by atoms with Gasteiger partial charge in [-0.15, -0.1) is 0 Å². The van der Waals surface area contributed by atoms with Crippen LogP contribution in [0.1, 0.15) is 34.6 Å². The average molecular weight is 235 g/mol. The van der Waals surface area contributed by atoms with Crippen LogP contribution in [0.3, 0.4) is 0 Å². The van der Waals surface area contributed by atoms with Crippen molar-refractivity contribution in [2.24, 2.45) is 5.41 Å². The summed E-state index contributed by atoms with van der Waals surface area (Å²) >= 11 is 0. The number of anilines is 2. The molecule has 1 atom stereocenters. The first kappa shape index (κ1) is 13.8. The minimum atomic E-state index is 0.253. The van der Waals surface area contributed by atoms with E-state index in [2.05, 4.69) is 62.9 Å². The zero-order valence-electron chi connectivity index (χ0n) is 11.9. The molecule has 17 heavy (non-hydrogen) atoms. The number of hydrogen-bond donors (Lipinski definition) is 1. The summed E-state index contributed by atoms with van der Waals surface area (Å²) in [7, 11) is 2.13. The van der Waals surface area contributed by atoms with Crippen LogP contribution in [0, 0.1) is 5.41 Å². The monoisotopic (exact) mass is 235 g/mol. The Kier molecular flexibility index (Phi) is 4.38. The van der Waals surface area contributed by atoms with Crippen molar-refractivity contribution in [1.82, 2.24) is 4.98 Å². The lowest BCUT2D eigenvalue weighted by atomic mass is 9.87. The van der Waals surface area contributed by atoms with E-state index < -0.39 is 0 Å². The maximum Gasteiger partial charge on any atom is 0.0573 e. The molecular weight excluding hydrogens is 210 g/mol. The third kappa shape index (κ3) is 3.62. The molecule has 0 radical (unpaired) electrons. The predicted molar refractivity (Wildman–Crippen MR) is 75.7 cm³/mol. The summed E-state index contributed by atoms with van der Waals surface area (Å²) in [6, 6.07) is 2.61. The average Bonchev–Trinajstić information content (AvgIpc) is 2.27. The van der Waals surface area contributed by atoms with Gasteiger partial charge in [0.2, 0.25) is 0 Å². The van der Waals surface area contributed by atoms with Gasteiger partial charge in [0.25, 0.3) is 0 Å². The van der Waals surface area contributed by atoms with E-state index in [9.17, 15) is 0 Å². The molecule has 0 aromatic carbocycles. The summed E-state index contributed by atoms with van der Waals surface area (Å²) in [5.74, 6) is 0. The number of rotatable bonds is 4. The third-order valence-corrected chi connectivity index (χ3v) is 3.35. The maximum absolute atomic E-state index is 4.28. The highest BCUT2D eigenvalue weighted by molar-refractivity contribution is 5.55. The highest BCUT2D eigenvalue weighted by atomic mass is 15.1. The molecule has 1 heterocycles. The number of nitrogens with zero attached hydrogens (tertiary/aromatic N) is 2. The van der Waals surface area contributed by atoms with Crippen LogP contribution in [0.5, 0.6) is 0 Å². The zero-order valence-corrected chi connectivity index (χ0v) is 11.9. The van der Waals surface area contributed by atoms with Gasteiger partial charge >= 0.3 is 0 Å². The molecule has 1 aromatic rings. The van der Waals surface area contributed by atoms with E-state index in [0.29, 0.717) is 6.04 Å². The van der Waals surface area contributed by atoms with Crippen LogP contribution in [0.2, 0.25) is 0 Å². The van der Waals surface area contributed by atoms with Gasteiger partial charge in [-0.3, -0.25) is 4.98 Å². The Morgan fingerprint density at radius 3 is 2.53 bits per heavy atom. The SMILES string of the molecule is CCNc1cncc(N(C)C(C)C(C)(C)C)c1. The molecule has 0 aliphatic rings. The quantitative estimate of drug-likeness (QED) is 0.867. The van der Waals surface area contributed by atoms with E-state index in [4.69, 9.17) is 0 Å². The summed E-state index contributed by atoms with van der Waals surface area (Å²) in [5.41, 5.74) is 2.49. The van der Waals surface area contributed by atoms with Crippen LogP contribution in [-0.4, -0.2) is 24.6 Å². The Labute approximate surface area is 105 Å². The molecule has 0 fully saturated rings. The van der Waals surface area contributed by atoms with Crippen molar-refractivity contribution < 1.29 is 0 Å². The molecule has 0 amide bonds. The molecule has 0 saturated heterocycles. The molecular formula is C14H25N3. The fourth-order valence-electron chi connectivity index (χ4n) is 1.73. The molecule has 1 aromatic heterocycles.